The van der Waals surface area contributed by atoms with Gasteiger partial charge in [-0.1, -0.05) is 37.5 Å². The van der Waals surface area contributed by atoms with E-state index < -0.39 is 0 Å². The van der Waals surface area contributed by atoms with Gasteiger partial charge in [0.2, 0.25) is 0 Å². The third-order valence-electron chi connectivity index (χ3n) is 3.14. The zero-order valence-electron chi connectivity index (χ0n) is 10.0. The summed E-state index contributed by atoms with van der Waals surface area (Å²) in [5, 5.41) is 14.4. The molecule has 1 saturated carbocycles. The van der Waals surface area contributed by atoms with Gasteiger partial charge in [0.15, 0.2) is 0 Å². The van der Waals surface area contributed by atoms with E-state index in [1.165, 1.54) is 43.5 Å². The van der Waals surface area contributed by atoms with E-state index in [1.54, 1.807) is 11.3 Å². The van der Waals surface area contributed by atoms with Crippen molar-refractivity contribution >= 4 is 11.3 Å². The van der Waals surface area contributed by atoms with Gasteiger partial charge < -0.3 is 5.32 Å². The van der Waals surface area contributed by atoms with Crippen LogP contribution in [0.5, 0.6) is 0 Å². The molecule has 0 bridgehead atoms. The van der Waals surface area contributed by atoms with Crippen LogP contribution in [0, 0.1) is 0 Å². The Morgan fingerprint density at radius 1 is 1.25 bits per heavy atom. The van der Waals surface area contributed by atoms with E-state index in [9.17, 15) is 0 Å². The van der Waals surface area contributed by atoms with Crippen LogP contribution in [-0.2, 0) is 6.54 Å². The summed E-state index contributed by atoms with van der Waals surface area (Å²) in [4.78, 5) is 0. The van der Waals surface area contributed by atoms with Gasteiger partial charge in [-0.2, -0.15) is 0 Å². The Kier molecular flexibility index (Phi) is 4.72. The molecule has 3 nitrogen and oxygen atoms in total. The van der Waals surface area contributed by atoms with Crippen molar-refractivity contribution in [3.63, 3.8) is 0 Å². The number of hydrogen-bond donors (Lipinski definition) is 1. The summed E-state index contributed by atoms with van der Waals surface area (Å²) in [6.07, 6.45) is 7.95. The van der Waals surface area contributed by atoms with Gasteiger partial charge in [-0.05, 0) is 25.8 Å². The van der Waals surface area contributed by atoms with E-state index in [0.717, 1.165) is 18.1 Å². The van der Waals surface area contributed by atoms with E-state index in [4.69, 9.17) is 0 Å². The van der Waals surface area contributed by atoms with Crippen molar-refractivity contribution in [1.82, 2.24) is 15.5 Å². The molecule has 0 spiro atoms. The average molecular weight is 239 g/mol. The van der Waals surface area contributed by atoms with Crippen LogP contribution in [0.3, 0.4) is 0 Å². The molecule has 0 saturated heterocycles. The topological polar surface area (TPSA) is 37.8 Å². The molecule has 1 aliphatic rings. The predicted octanol–water partition coefficient (Wildman–Crippen LogP) is 3.09. The SMILES string of the molecule is CCCNCc1nnc(C2CCCCC2)s1. The molecule has 1 heterocycles. The van der Waals surface area contributed by atoms with Crippen molar-refractivity contribution in [3.05, 3.63) is 10.0 Å². The Hall–Kier alpha value is -0.480. The van der Waals surface area contributed by atoms with Gasteiger partial charge in [-0.3, -0.25) is 0 Å². The summed E-state index contributed by atoms with van der Waals surface area (Å²) >= 11 is 1.81. The Labute approximate surface area is 102 Å². The van der Waals surface area contributed by atoms with Gasteiger partial charge in [-0.15, -0.1) is 10.2 Å². The van der Waals surface area contributed by atoms with Gasteiger partial charge >= 0.3 is 0 Å². The molecule has 1 aromatic rings. The molecule has 90 valence electrons. The maximum Gasteiger partial charge on any atom is 0.131 e. The van der Waals surface area contributed by atoms with Gasteiger partial charge in [0, 0.05) is 12.5 Å². The smallest absolute Gasteiger partial charge is 0.131 e. The summed E-state index contributed by atoms with van der Waals surface area (Å²) in [6, 6.07) is 0. The second kappa shape index (κ2) is 6.30. The molecule has 0 unspecified atom stereocenters. The Balaban J connectivity index is 1.85. The van der Waals surface area contributed by atoms with Gasteiger partial charge in [0.05, 0.1) is 0 Å². The Morgan fingerprint density at radius 2 is 2.06 bits per heavy atom. The average Bonchev–Trinajstić information content (AvgIpc) is 2.79. The highest BCUT2D eigenvalue weighted by Gasteiger charge is 2.19. The Bertz CT molecular complexity index is 305. The number of hydrogen-bond acceptors (Lipinski definition) is 4. The molecular weight excluding hydrogens is 218 g/mol. The first-order valence-corrected chi connectivity index (χ1v) is 7.24. The minimum atomic E-state index is 0.700. The maximum absolute atomic E-state index is 4.35. The highest BCUT2D eigenvalue weighted by Crippen LogP contribution is 2.33. The first kappa shape index (κ1) is 12.0. The summed E-state index contributed by atoms with van der Waals surface area (Å²) in [5.74, 6) is 0.700. The molecule has 16 heavy (non-hydrogen) atoms. The van der Waals surface area contributed by atoms with Crippen LogP contribution in [0.2, 0.25) is 0 Å². The normalized spacial score (nSPS) is 17.8. The number of nitrogens with one attached hydrogen (secondary N) is 1. The quantitative estimate of drug-likeness (QED) is 0.802. The van der Waals surface area contributed by atoms with Gasteiger partial charge in [0.25, 0.3) is 0 Å². The summed E-state index contributed by atoms with van der Waals surface area (Å²) in [7, 11) is 0. The van der Waals surface area contributed by atoms with Crippen LogP contribution in [0.1, 0.15) is 61.4 Å². The molecule has 0 aliphatic heterocycles. The zero-order valence-corrected chi connectivity index (χ0v) is 10.9. The van der Waals surface area contributed by atoms with E-state index in [0.29, 0.717) is 5.92 Å². The maximum atomic E-state index is 4.35. The third-order valence-corrected chi connectivity index (χ3v) is 4.23. The van der Waals surface area contributed by atoms with Crippen LogP contribution in [-0.4, -0.2) is 16.7 Å². The fourth-order valence-corrected chi connectivity index (χ4v) is 3.21. The lowest BCUT2D eigenvalue weighted by Crippen LogP contribution is -2.13. The summed E-state index contributed by atoms with van der Waals surface area (Å²) < 4.78 is 0. The molecule has 1 fully saturated rings. The monoisotopic (exact) mass is 239 g/mol. The fraction of sp³-hybridized carbons (Fsp3) is 0.833. The first-order chi connectivity index (χ1) is 7.90. The van der Waals surface area contributed by atoms with Crippen molar-refractivity contribution in [2.24, 2.45) is 0 Å². The molecule has 1 N–H and O–H groups in total. The second-order valence-electron chi connectivity index (χ2n) is 4.55. The number of nitrogens with zero attached hydrogens (tertiary/aromatic N) is 2. The van der Waals surface area contributed by atoms with Crippen LogP contribution in [0.4, 0.5) is 0 Å². The minimum Gasteiger partial charge on any atom is -0.310 e. The largest absolute Gasteiger partial charge is 0.310 e. The lowest BCUT2D eigenvalue weighted by molar-refractivity contribution is 0.440. The third kappa shape index (κ3) is 3.25. The highest BCUT2D eigenvalue weighted by molar-refractivity contribution is 7.11. The van der Waals surface area contributed by atoms with E-state index in [1.807, 2.05) is 0 Å². The van der Waals surface area contributed by atoms with Gasteiger partial charge in [-0.25, -0.2) is 0 Å². The van der Waals surface area contributed by atoms with Crippen LogP contribution in [0.15, 0.2) is 0 Å². The van der Waals surface area contributed by atoms with E-state index >= 15 is 0 Å². The summed E-state index contributed by atoms with van der Waals surface area (Å²) in [6.45, 7) is 4.14. The van der Waals surface area contributed by atoms with Crippen molar-refractivity contribution in [1.29, 1.82) is 0 Å². The predicted molar refractivity (Wildman–Crippen MR) is 67.7 cm³/mol. The zero-order chi connectivity index (χ0) is 11.2. The summed E-state index contributed by atoms with van der Waals surface area (Å²) in [5.41, 5.74) is 0. The lowest BCUT2D eigenvalue weighted by atomic mass is 9.90. The Morgan fingerprint density at radius 3 is 2.81 bits per heavy atom. The van der Waals surface area contributed by atoms with Crippen molar-refractivity contribution in [2.75, 3.05) is 6.54 Å². The fourth-order valence-electron chi connectivity index (χ4n) is 2.22. The number of rotatable bonds is 5. The second-order valence-corrected chi connectivity index (χ2v) is 5.64. The van der Waals surface area contributed by atoms with Gasteiger partial charge in [0.1, 0.15) is 10.0 Å². The van der Waals surface area contributed by atoms with E-state index in [2.05, 4.69) is 22.4 Å². The molecule has 1 aromatic heterocycles. The molecular formula is C12H21N3S. The van der Waals surface area contributed by atoms with Crippen LogP contribution >= 0.6 is 11.3 Å². The first-order valence-electron chi connectivity index (χ1n) is 6.43. The minimum absolute atomic E-state index is 0.700. The molecule has 0 aromatic carbocycles. The standard InChI is InChI=1S/C12H21N3S/c1-2-8-13-9-11-14-15-12(16-11)10-6-4-3-5-7-10/h10,13H,2-9H2,1H3. The lowest BCUT2D eigenvalue weighted by Gasteiger charge is -2.18. The highest BCUT2D eigenvalue weighted by atomic mass is 32.1. The van der Waals surface area contributed by atoms with Crippen molar-refractivity contribution in [2.45, 2.75) is 57.9 Å². The van der Waals surface area contributed by atoms with Crippen molar-refractivity contribution < 1.29 is 0 Å². The molecule has 0 atom stereocenters. The molecule has 0 radical (unpaired) electrons. The molecule has 0 amide bonds. The number of aromatic nitrogens is 2. The molecule has 2 rings (SSSR count). The van der Waals surface area contributed by atoms with Crippen LogP contribution < -0.4 is 5.32 Å². The van der Waals surface area contributed by atoms with Crippen LogP contribution in [0.25, 0.3) is 0 Å². The molecule has 4 heteroatoms. The van der Waals surface area contributed by atoms with E-state index in [-0.39, 0.29) is 0 Å². The van der Waals surface area contributed by atoms with Crippen molar-refractivity contribution in [3.8, 4) is 0 Å². The molecule has 1 aliphatic carbocycles.